The largest absolute Gasteiger partial charge is 0.477 e. The number of pyridine rings is 1. The Hall–Kier alpha value is -4.54. The van der Waals surface area contributed by atoms with Gasteiger partial charge in [0.1, 0.15) is 5.82 Å². The summed E-state index contributed by atoms with van der Waals surface area (Å²) in [4.78, 5) is 47.5. The molecule has 1 saturated heterocycles. The molecule has 0 unspecified atom stereocenters. The van der Waals surface area contributed by atoms with E-state index in [9.17, 15) is 19.5 Å². The van der Waals surface area contributed by atoms with Crippen LogP contribution in [0.5, 0.6) is 0 Å². The molecule has 3 aromatic rings. The van der Waals surface area contributed by atoms with Crippen molar-refractivity contribution in [2.24, 2.45) is 0 Å². The Morgan fingerprint density at radius 3 is 2.36 bits per heavy atom. The molecule has 0 aliphatic carbocycles. The van der Waals surface area contributed by atoms with Gasteiger partial charge in [-0.15, -0.1) is 0 Å². The van der Waals surface area contributed by atoms with Crippen molar-refractivity contribution < 1.29 is 19.5 Å². The van der Waals surface area contributed by atoms with Crippen LogP contribution in [0, 0.1) is 0 Å². The van der Waals surface area contributed by atoms with Crippen molar-refractivity contribution in [1.82, 2.24) is 14.8 Å². The second-order valence-electron chi connectivity index (χ2n) is 9.67. The molecule has 2 aliphatic heterocycles. The fourth-order valence-corrected chi connectivity index (χ4v) is 4.66. The Balaban J connectivity index is 1.40. The van der Waals surface area contributed by atoms with Gasteiger partial charge < -0.3 is 25.5 Å². The Morgan fingerprint density at radius 2 is 1.69 bits per heavy atom. The first-order valence-corrected chi connectivity index (χ1v) is 12.7. The fourth-order valence-electron chi connectivity index (χ4n) is 4.66. The number of fused-ring (bicyclic) bond motifs is 1. The molecule has 10 heteroatoms. The smallest absolute Gasteiger partial charge is 0.354 e. The number of hydrogen-bond donors (Lipinski definition) is 3. The highest BCUT2D eigenvalue weighted by Gasteiger charge is 2.30. The average Bonchev–Trinajstić information content (AvgIpc) is 3.28. The first-order valence-electron chi connectivity index (χ1n) is 12.7. The van der Waals surface area contributed by atoms with Gasteiger partial charge in [-0.2, -0.15) is 0 Å². The molecule has 0 bridgehead atoms. The van der Waals surface area contributed by atoms with E-state index in [0.29, 0.717) is 23.4 Å². The van der Waals surface area contributed by atoms with Crippen LogP contribution in [0.3, 0.4) is 0 Å². The molecule has 39 heavy (non-hydrogen) atoms. The zero-order chi connectivity index (χ0) is 27.5. The number of nitrogens with one attached hydrogen (secondary N) is 2. The lowest BCUT2D eigenvalue weighted by Gasteiger charge is -2.32. The van der Waals surface area contributed by atoms with Crippen molar-refractivity contribution in [2.45, 2.75) is 0 Å². The molecule has 0 saturated carbocycles. The van der Waals surface area contributed by atoms with Gasteiger partial charge in [0.05, 0.1) is 17.8 Å². The Morgan fingerprint density at radius 1 is 1.00 bits per heavy atom. The first kappa shape index (κ1) is 26.1. The molecule has 0 spiro atoms. The third-order valence-corrected chi connectivity index (χ3v) is 7.01. The highest BCUT2D eigenvalue weighted by Crippen LogP contribution is 2.36. The molecular weight excluding hydrogens is 496 g/mol. The molecule has 2 amide bonds. The number of carbonyl (C=O) groups is 3. The predicted molar refractivity (Wildman–Crippen MR) is 150 cm³/mol. The van der Waals surface area contributed by atoms with Crippen molar-refractivity contribution in [2.75, 3.05) is 62.4 Å². The van der Waals surface area contributed by atoms with E-state index in [0.717, 1.165) is 43.1 Å². The van der Waals surface area contributed by atoms with E-state index in [1.165, 1.54) is 6.07 Å². The highest BCUT2D eigenvalue weighted by molar-refractivity contribution is 6.37. The number of aromatic nitrogens is 1. The van der Waals surface area contributed by atoms with Crippen LogP contribution < -0.4 is 15.5 Å². The summed E-state index contributed by atoms with van der Waals surface area (Å²) in [5.41, 5.74) is 3.56. The Kier molecular flexibility index (Phi) is 7.40. The minimum absolute atomic E-state index is 0.0276. The number of carboxylic acids is 1. The summed E-state index contributed by atoms with van der Waals surface area (Å²) in [6.07, 6.45) is 0. The van der Waals surface area contributed by atoms with Crippen molar-refractivity contribution in [3.63, 3.8) is 0 Å². The summed E-state index contributed by atoms with van der Waals surface area (Å²) in [6.45, 7) is 4.03. The van der Waals surface area contributed by atoms with Crippen LogP contribution in [-0.2, 0) is 9.59 Å². The summed E-state index contributed by atoms with van der Waals surface area (Å²) < 4.78 is 0. The van der Waals surface area contributed by atoms with Crippen molar-refractivity contribution in [3.8, 4) is 0 Å². The number of piperazine rings is 1. The van der Waals surface area contributed by atoms with Gasteiger partial charge in [-0.05, 0) is 49.0 Å². The average molecular weight is 527 g/mol. The molecule has 2 aliphatic rings. The van der Waals surface area contributed by atoms with Crippen LogP contribution in [0.2, 0.25) is 0 Å². The van der Waals surface area contributed by atoms with Crippen molar-refractivity contribution in [3.05, 3.63) is 83.6 Å². The lowest BCUT2D eigenvalue weighted by Crippen LogP contribution is -2.48. The summed E-state index contributed by atoms with van der Waals surface area (Å²) in [5.74, 6) is -1.31. The minimum atomic E-state index is -1.17. The molecular formula is C29H30N6O4. The molecule has 5 rings (SSSR count). The second kappa shape index (κ2) is 11.1. The monoisotopic (exact) mass is 526 g/mol. The lowest BCUT2D eigenvalue weighted by molar-refractivity contribution is -0.119. The number of aromatic carboxylic acids is 1. The second-order valence-corrected chi connectivity index (χ2v) is 9.67. The number of benzene rings is 2. The minimum Gasteiger partial charge on any atom is -0.477 e. The molecule has 200 valence electrons. The van der Waals surface area contributed by atoms with E-state index in [2.05, 4.69) is 32.5 Å². The molecule has 1 aromatic heterocycles. The van der Waals surface area contributed by atoms with Gasteiger partial charge in [0.15, 0.2) is 5.69 Å². The lowest BCUT2D eigenvalue weighted by atomic mass is 10.0. The van der Waals surface area contributed by atoms with Gasteiger partial charge in [-0.25, -0.2) is 9.78 Å². The van der Waals surface area contributed by atoms with E-state index in [4.69, 9.17) is 0 Å². The standard InChI is InChI=1S/C29H30N6O4/c1-33-14-16-35(17-15-33)18-24(36)34(2)21-10-8-20(9-11-21)30-26(19-6-4-3-5-7-19)25-22-12-13-23(29(38)39)31-27(22)32-28(25)37/h3-13,30H,14-18H2,1-2H3,(H,38,39)(H,31,32,37). The maximum atomic E-state index is 13.1. The molecule has 3 N–H and O–H groups in total. The predicted octanol–water partition coefficient (Wildman–Crippen LogP) is 2.92. The third kappa shape index (κ3) is 5.66. The summed E-state index contributed by atoms with van der Waals surface area (Å²) >= 11 is 0. The van der Waals surface area contributed by atoms with Crippen LogP contribution >= 0.6 is 0 Å². The number of nitrogens with zero attached hydrogens (tertiary/aromatic N) is 4. The maximum Gasteiger partial charge on any atom is 0.354 e. The molecule has 10 nitrogen and oxygen atoms in total. The zero-order valence-electron chi connectivity index (χ0n) is 21.8. The van der Waals surface area contributed by atoms with Crippen LogP contribution in [0.25, 0.3) is 11.3 Å². The van der Waals surface area contributed by atoms with Crippen LogP contribution in [0.4, 0.5) is 17.2 Å². The van der Waals surface area contributed by atoms with Gasteiger partial charge >= 0.3 is 5.97 Å². The van der Waals surface area contributed by atoms with Gasteiger partial charge in [0.25, 0.3) is 5.91 Å². The van der Waals surface area contributed by atoms with E-state index in [1.807, 2.05) is 54.6 Å². The third-order valence-electron chi connectivity index (χ3n) is 7.01. The topological polar surface area (TPSA) is 118 Å². The van der Waals surface area contributed by atoms with E-state index < -0.39 is 5.97 Å². The highest BCUT2D eigenvalue weighted by atomic mass is 16.4. The van der Waals surface area contributed by atoms with E-state index in [-0.39, 0.29) is 23.3 Å². The number of likely N-dealkylation sites (N-methyl/N-ethyl adjacent to an activating group) is 2. The Bertz CT molecular complexity index is 1430. The van der Waals surface area contributed by atoms with Gasteiger partial charge in [0.2, 0.25) is 5.91 Å². The zero-order valence-corrected chi connectivity index (χ0v) is 21.8. The molecule has 0 atom stereocenters. The number of carboxylic acid groups (broad SMARTS) is 1. The molecule has 2 aromatic carbocycles. The molecule has 0 radical (unpaired) electrons. The summed E-state index contributed by atoms with van der Waals surface area (Å²) in [7, 11) is 3.86. The number of amides is 2. The molecule has 3 heterocycles. The SMILES string of the molecule is CN1CCN(CC(=O)N(C)c2ccc(NC(=C3C(=O)Nc4nc(C(=O)O)ccc43)c3ccccc3)cc2)CC1. The Labute approximate surface area is 226 Å². The number of anilines is 3. The summed E-state index contributed by atoms with van der Waals surface area (Å²) in [6, 6.07) is 19.8. The first-order chi connectivity index (χ1) is 18.8. The van der Waals surface area contributed by atoms with E-state index >= 15 is 0 Å². The normalized spacial score (nSPS) is 16.8. The number of rotatable bonds is 7. The number of hydrogen-bond acceptors (Lipinski definition) is 7. The van der Waals surface area contributed by atoms with Gasteiger partial charge in [0, 0.05) is 50.2 Å². The van der Waals surface area contributed by atoms with Crippen LogP contribution in [0.1, 0.15) is 21.6 Å². The maximum absolute atomic E-state index is 13.1. The van der Waals surface area contributed by atoms with Gasteiger partial charge in [-0.3, -0.25) is 14.5 Å². The molecule has 1 fully saturated rings. The van der Waals surface area contributed by atoms with Gasteiger partial charge in [-0.1, -0.05) is 30.3 Å². The summed E-state index contributed by atoms with van der Waals surface area (Å²) in [5, 5.41) is 15.3. The van der Waals surface area contributed by atoms with E-state index in [1.54, 1.807) is 18.0 Å². The number of carbonyl (C=O) groups excluding carboxylic acids is 2. The van der Waals surface area contributed by atoms with Crippen molar-refractivity contribution in [1.29, 1.82) is 0 Å². The quantitative estimate of drug-likeness (QED) is 0.403. The van der Waals surface area contributed by atoms with Crippen molar-refractivity contribution >= 4 is 46.2 Å². The fraction of sp³-hybridized carbons (Fsp3) is 0.241. The van der Waals surface area contributed by atoms with Crippen LogP contribution in [-0.4, -0.2) is 84.5 Å². The van der Waals surface area contributed by atoms with Crippen LogP contribution in [0.15, 0.2) is 66.7 Å².